The van der Waals surface area contributed by atoms with Gasteiger partial charge in [0.25, 0.3) is 0 Å². The maximum Gasteiger partial charge on any atom is 0.321 e. The van der Waals surface area contributed by atoms with Crippen molar-refractivity contribution < 1.29 is 39.6 Å². The van der Waals surface area contributed by atoms with Gasteiger partial charge in [-0.2, -0.15) is 0 Å². The molecule has 0 aliphatic rings. The lowest BCUT2D eigenvalue weighted by Crippen LogP contribution is -2.40. The van der Waals surface area contributed by atoms with Crippen molar-refractivity contribution in [2.24, 2.45) is 17.4 Å². The minimum Gasteiger partial charge on any atom is -0.481 e. The highest BCUT2D eigenvalue weighted by Gasteiger charge is 2.25. The van der Waals surface area contributed by atoms with E-state index in [0.29, 0.717) is 0 Å². The van der Waals surface area contributed by atoms with E-state index in [4.69, 9.17) is 31.9 Å². The fourth-order valence-corrected chi connectivity index (χ4v) is 0.770. The topological polar surface area (TPSA) is 201 Å². The molecule has 0 heterocycles. The fourth-order valence-electron chi connectivity index (χ4n) is 0.770. The van der Waals surface area contributed by atoms with Crippen molar-refractivity contribution in [2.45, 2.75) is 31.8 Å². The summed E-state index contributed by atoms with van der Waals surface area (Å²) in [6.45, 7) is 1.25. The Morgan fingerprint density at radius 2 is 1.35 bits per heavy atom. The van der Waals surface area contributed by atoms with Crippen molar-refractivity contribution >= 4 is 23.9 Å². The van der Waals surface area contributed by atoms with Crippen LogP contribution in [0.4, 0.5) is 0 Å². The quantitative estimate of drug-likeness (QED) is 0.317. The minimum absolute atomic E-state index is 0.0231. The summed E-state index contributed by atoms with van der Waals surface area (Å²) in [5.41, 5.74) is 9.98. The lowest BCUT2D eigenvalue weighted by atomic mass is 10.0. The maximum atomic E-state index is 10.1. The first-order chi connectivity index (χ1) is 9.00. The number of aliphatic carboxylic acids is 4. The normalized spacial score (nSPS) is 14.2. The Bertz CT molecular complexity index is 352. The Labute approximate surface area is 114 Å². The third-order valence-corrected chi connectivity index (χ3v) is 2.20. The van der Waals surface area contributed by atoms with E-state index in [1.54, 1.807) is 0 Å². The number of hydrogen-bond donors (Lipinski definition) is 6. The van der Waals surface area contributed by atoms with Crippen molar-refractivity contribution in [1.82, 2.24) is 0 Å². The molecule has 0 aromatic heterocycles. The van der Waals surface area contributed by atoms with Gasteiger partial charge in [-0.3, -0.25) is 19.2 Å². The number of carboxylic acid groups (broad SMARTS) is 4. The van der Waals surface area contributed by atoms with Crippen LogP contribution in [-0.2, 0) is 19.2 Å². The van der Waals surface area contributed by atoms with Gasteiger partial charge in [0.05, 0.1) is 5.92 Å². The predicted octanol–water partition coefficient (Wildman–Crippen LogP) is -1.62. The van der Waals surface area contributed by atoms with E-state index in [1.165, 1.54) is 6.92 Å². The Balaban J connectivity index is 0. The number of hydrogen-bond acceptors (Lipinski definition) is 6. The van der Waals surface area contributed by atoms with Gasteiger partial charge in [0.1, 0.15) is 12.1 Å². The van der Waals surface area contributed by atoms with Crippen molar-refractivity contribution in [1.29, 1.82) is 0 Å². The molecule has 0 bridgehead atoms. The first-order valence-electron chi connectivity index (χ1n) is 5.42. The molecule has 10 heteroatoms. The highest BCUT2D eigenvalue weighted by Crippen LogP contribution is 1.99. The van der Waals surface area contributed by atoms with E-state index in [2.05, 4.69) is 0 Å². The molecule has 8 N–H and O–H groups in total. The van der Waals surface area contributed by atoms with Crippen LogP contribution < -0.4 is 11.5 Å². The van der Waals surface area contributed by atoms with E-state index >= 15 is 0 Å². The van der Waals surface area contributed by atoms with Crippen LogP contribution in [0.1, 0.15) is 19.8 Å². The Kier molecular flexibility index (Phi) is 9.75. The molecule has 116 valence electrons. The van der Waals surface area contributed by atoms with Crippen molar-refractivity contribution in [3.8, 4) is 0 Å². The summed E-state index contributed by atoms with van der Waals surface area (Å²) in [5, 5.41) is 32.7. The van der Waals surface area contributed by atoms with Crippen LogP contribution in [0.5, 0.6) is 0 Å². The smallest absolute Gasteiger partial charge is 0.321 e. The second-order valence-corrected chi connectivity index (χ2v) is 3.87. The number of carboxylic acids is 4. The van der Waals surface area contributed by atoms with E-state index in [-0.39, 0.29) is 12.8 Å². The van der Waals surface area contributed by atoms with Gasteiger partial charge in [-0.05, 0) is 13.3 Å². The second kappa shape index (κ2) is 9.69. The van der Waals surface area contributed by atoms with Crippen LogP contribution in [-0.4, -0.2) is 56.4 Å². The summed E-state index contributed by atoms with van der Waals surface area (Å²) < 4.78 is 0. The summed E-state index contributed by atoms with van der Waals surface area (Å²) in [4.78, 5) is 40.0. The lowest BCUT2D eigenvalue weighted by Gasteiger charge is -2.09. The third-order valence-electron chi connectivity index (χ3n) is 2.20. The molecule has 0 fully saturated rings. The molecule has 20 heavy (non-hydrogen) atoms. The molecule has 0 saturated heterocycles. The summed E-state index contributed by atoms with van der Waals surface area (Å²) in [6, 6.07) is -2.38. The van der Waals surface area contributed by atoms with Crippen LogP contribution in [0, 0.1) is 5.92 Å². The first-order valence-corrected chi connectivity index (χ1v) is 5.42. The summed E-state index contributed by atoms with van der Waals surface area (Å²) in [6.07, 6.45) is -0.224. The van der Waals surface area contributed by atoms with E-state index in [0.717, 1.165) is 0 Å². The molecule has 3 atom stereocenters. The Hall–Kier alpha value is -2.20. The summed E-state index contributed by atoms with van der Waals surface area (Å²) in [7, 11) is 0. The van der Waals surface area contributed by atoms with Gasteiger partial charge in [-0.15, -0.1) is 0 Å². The van der Waals surface area contributed by atoms with Crippen LogP contribution >= 0.6 is 0 Å². The van der Waals surface area contributed by atoms with Gasteiger partial charge in [0.2, 0.25) is 0 Å². The number of nitrogens with two attached hydrogens (primary N) is 2. The van der Waals surface area contributed by atoms with Crippen molar-refractivity contribution in [3.05, 3.63) is 0 Å². The molecule has 0 radical (unpaired) electrons. The van der Waals surface area contributed by atoms with Crippen LogP contribution in [0.25, 0.3) is 0 Å². The molecule has 0 aromatic rings. The van der Waals surface area contributed by atoms with E-state index in [1.807, 2.05) is 0 Å². The highest BCUT2D eigenvalue weighted by atomic mass is 16.4. The molecule has 0 aliphatic carbocycles. The molecule has 10 nitrogen and oxygen atoms in total. The van der Waals surface area contributed by atoms with Gasteiger partial charge in [0, 0.05) is 6.42 Å². The van der Waals surface area contributed by atoms with Crippen LogP contribution in [0.15, 0.2) is 0 Å². The van der Waals surface area contributed by atoms with E-state index in [9.17, 15) is 19.2 Å². The lowest BCUT2D eigenvalue weighted by molar-refractivity contribution is -0.149. The summed E-state index contributed by atoms with van der Waals surface area (Å²) >= 11 is 0. The molecule has 0 aliphatic heterocycles. The van der Waals surface area contributed by atoms with Crippen LogP contribution in [0.3, 0.4) is 0 Å². The Morgan fingerprint density at radius 1 is 0.900 bits per heavy atom. The number of rotatable bonds is 7. The summed E-state index contributed by atoms with van der Waals surface area (Å²) in [5.74, 6) is -5.74. The second-order valence-electron chi connectivity index (χ2n) is 3.87. The predicted molar refractivity (Wildman–Crippen MR) is 64.9 cm³/mol. The zero-order chi connectivity index (χ0) is 16.5. The van der Waals surface area contributed by atoms with Gasteiger partial charge < -0.3 is 31.9 Å². The zero-order valence-electron chi connectivity index (χ0n) is 10.7. The van der Waals surface area contributed by atoms with Crippen LogP contribution in [0.2, 0.25) is 0 Å². The fraction of sp³-hybridized carbons (Fsp3) is 0.600. The molecule has 0 saturated carbocycles. The molecular weight excluding hydrogens is 276 g/mol. The first kappa shape index (κ1) is 20.1. The van der Waals surface area contributed by atoms with E-state index < -0.39 is 41.9 Å². The molecule has 0 spiro atoms. The monoisotopic (exact) mass is 294 g/mol. The average molecular weight is 294 g/mol. The van der Waals surface area contributed by atoms with Gasteiger partial charge >= 0.3 is 23.9 Å². The van der Waals surface area contributed by atoms with Gasteiger partial charge in [-0.25, -0.2) is 0 Å². The third kappa shape index (κ3) is 9.79. The average Bonchev–Trinajstić information content (AvgIpc) is 2.34. The van der Waals surface area contributed by atoms with Gasteiger partial charge in [0.15, 0.2) is 0 Å². The molecule has 3 unspecified atom stereocenters. The molecule has 0 aromatic carbocycles. The Morgan fingerprint density at radius 3 is 1.55 bits per heavy atom. The standard InChI is InChI=1S/2C5H9NO4/c1-2(4(7)8)3(6)5(9)10;6-3(5(9)10)1-2-4(7)8/h2-3H,6H2,1H3,(H,7,8)(H,9,10);3H,1-2,6H2,(H,7,8)(H,9,10). The maximum absolute atomic E-state index is 10.1. The SMILES string of the molecule is CC(C(=O)O)C(N)C(=O)O.NC(CCC(=O)O)C(=O)O. The van der Waals surface area contributed by atoms with Crippen molar-refractivity contribution in [2.75, 3.05) is 0 Å². The zero-order valence-corrected chi connectivity index (χ0v) is 10.7. The number of carbonyl (C=O) groups is 4. The molecule has 0 amide bonds. The molecular formula is C10H18N2O8. The van der Waals surface area contributed by atoms with Crippen molar-refractivity contribution in [3.63, 3.8) is 0 Å². The minimum atomic E-state index is -1.32. The molecule has 0 rings (SSSR count). The highest BCUT2D eigenvalue weighted by molar-refractivity contribution is 5.82. The van der Waals surface area contributed by atoms with Gasteiger partial charge in [-0.1, -0.05) is 0 Å². The largest absolute Gasteiger partial charge is 0.481 e.